The third kappa shape index (κ3) is 3.92. The molecule has 0 radical (unpaired) electrons. The Morgan fingerprint density at radius 2 is 1.58 bits per heavy atom. The van der Waals surface area contributed by atoms with Gasteiger partial charge in [0.05, 0.1) is 17.0 Å². The molecule has 2 saturated heterocycles. The Bertz CT molecular complexity index is 705. The molecule has 0 bridgehead atoms. The average Bonchev–Trinajstić information content (AvgIpc) is 3.26. The second-order valence-corrected chi connectivity index (χ2v) is 20.1. The standard InChI is InChI=1S/C23H30IP2/c1-2-21-15-16-22(19-10-5-3-6-11-19)25(21)18-26(24)17-9-14-23(26)20-12-7-4-8-13-20/h3-8,10-13,21-23H,2,9,14-18H2,1H3/q+1/t21-,22+,23+,25?,26?/m1/s1. The molecule has 2 aliphatic heterocycles. The Morgan fingerprint density at radius 3 is 2.23 bits per heavy atom. The largest absolute Gasteiger partial charge is 0.155 e. The van der Waals surface area contributed by atoms with E-state index in [1.54, 1.807) is 17.0 Å². The summed E-state index contributed by atoms with van der Waals surface area (Å²) in [7, 11) is 0.117. The summed E-state index contributed by atoms with van der Waals surface area (Å²) in [6, 6.07) is 22.9. The molecular formula is C23H30IP2+. The van der Waals surface area contributed by atoms with Crippen molar-refractivity contribution in [2.45, 2.75) is 56.0 Å². The second kappa shape index (κ2) is 8.59. The lowest BCUT2D eigenvalue weighted by atomic mass is 10.1. The van der Waals surface area contributed by atoms with Gasteiger partial charge < -0.3 is 0 Å². The van der Waals surface area contributed by atoms with Crippen molar-refractivity contribution in [3.05, 3.63) is 71.8 Å². The van der Waals surface area contributed by atoms with Crippen LogP contribution in [0.4, 0.5) is 0 Å². The summed E-state index contributed by atoms with van der Waals surface area (Å²) >= 11 is 3.00. The van der Waals surface area contributed by atoms with Crippen LogP contribution in [0, 0.1) is 0 Å². The molecule has 0 aliphatic carbocycles. The van der Waals surface area contributed by atoms with Crippen molar-refractivity contribution in [1.29, 1.82) is 0 Å². The van der Waals surface area contributed by atoms with Crippen molar-refractivity contribution in [3.63, 3.8) is 0 Å². The lowest BCUT2D eigenvalue weighted by Crippen LogP contribution is -2.07. The molecule has 26 heavy (non-hydrogen) atoms. The number of halogens is 1. The molecule has 138 valence electrons. The molecule has 2 heterocycles. The molecule has 0 nitrogen and oxygen atoms in total. The Morgan fingerprint density at radius 1 is 0.923 bits per heavy atom. The first-order chi connectivity index (χ1) is 12.7. The fourth-order valence-corrected chi connectivity index (χ4v) is 21.2. The van der Waals surface area contributed by atoms with Crippen LogP contribution in [0.15, 0.2) is 60.7 Å². The zero-order valence-corrected chi connectivity index (χ0v) is 19.7. The molecule has 3 heteroatoms. The second-order valence-electron chi connectivity index (χ2n) is 7.94. The van der Waals surface area contributed by atoms with Crippen molar-refractivity contribution < 1.29 is 0 Å². The van der Waals surface area contributed by atoms with Gasteiger partial charge in [0.15, 0.2) is 22.0 Å². The highest BCUT2D eigenvalue weighted by Gasteiger charge is 2.53. The van der Waals surface area contributed by atoms with E-state index in [4.69, 9.17) is 0 Å². The first-order valence-electron chi connectivity index (χ1n) is 10.1. The predicted octanol–water partition coefficient (Wildman–Crippen LogP) is 8.64. The lowest BCUT2D eigenvalue weighted by Gasteiger charge is -2.31. The molecule has 5 atom stereocenters. The van der Waals surface area contributed by atoms with Gasteiger partial charge in [0.1, 0.15) is 5.66 Å². The van der Waals surface area contributed by atoms with Crippen LogP contribution in [-0.2, 0) is 0 Å². The fourth-order valence-electron chi connectivity index (χ4n) is 5.11. The maximum Gasteiger partial charge on any atom is 0.155 e. The molecular weight excluding hydrogens is 465 g/mol. The zero-order valence-electron chi connectivity index (χ0n) is 15.7. The average molecular weight is 495 g/mol. The summed E-state index contributed by atoms with van der Waals surface area (Å²) < 4.78 is 0. The number of hydrogen-bond acceptors (Lipinski definition) is 0. The quantitative estimate of drug-likeness (QED) is 0.288. The van der Waals surface area contributed by atoms with E-state index >= 15 is 0 Å². The van der Waals surface area contributed by atoms with Gasteiger partial charge in [-0.1, -0.05) is 75.5 Å². The van der Waals surface area contributed by atoms with Crippen molar-refractivity contribution in [2.24, 2.45) is 0 Å². The van der Waals surface area contributed by atoms with E-state index < -0.39 is 4.90 Å². The zero-order chi connectivity index (χ0) is 18.0. The van der Waals surface area contributed by atoms with Gasteiger partial charge >= 0.3 is 0 Å². The minimum atomic E-state index is -0.911. The third-order valence-electron chi connectivity index (χ3n) is 6.45. The summed E-state index contributed by atoms with van der Waals surface area (Å²) in [4.78, 5) is -0.911. The van der Waals surface area contributed by atoms with Crippen LogP contribution in [0.2, 0.25) is 0 Å². The first kappa shape index (κ1) is 19.4. The van der Waals surface area contributed by atoms with E-state index in [2.05, 4.69) is 89.6 Å². The van der Waals surface area contributed by atoms with E-state index in [9.17, 15) is 0 Å². The summed E-state index contributed by atoms with van der Waals surface area (Å²) in [6.07, 6.45) is 8.68. The predicted molar refractivity (Wildman–Crippen MR) is 129 cm³/mol. The van der Waals surface area contributed by atoms with Crippen LogP contribution in [0.1, 0.15) is 61.5 Å². The molecule has 0 amide bonds. The summed E-state index contributed by atoms with van der Waals surface area (Å²) in [5.74, 6) is 1.57. The molecule has 2 aromatic rings. The topological polar surface area (TPSA) is 0 Å². The van der Waals surface area contributed by atoms with E-state index in [0.717, 1.165) is 17.0 Å². The van der Waals surface area contributed by atoms with Crippen LogP contribution in [-0.4, -0.2) is 17.7 Å². The van der Waals surface area contributed by atoms with Gasteiger partial charge in [-0.3, -0.25) is 0 Å². The highest BCUT2D eigenvalue weighted by atomic mass is 127. The first-order valence-corrected chi connectivity index (χ1v) is 16.8. The van der Waals surface area contributed by atoms with Crippen LogP contribution in [0.25, 0.3) is 0 Å². The smallest absolute Gasteiger partial charge is 0.0648 e. The summed E-state index contributed by atoms with van der Waals surface area (Å²) in [5.41, 5.74) is 5.99. The lowest BCUT2D eigenvalue weighted by molar-refractivity contribution is 0.722. The van der Waals surface area contributed by atoms with E-state index in [1.807, 2.05) is 0 Å². The molecule has 2 aliphatic rings. The van der Waals surface area contributed by atoms with Crippen LogP contribution < -0.4 is 0 Å². The molecule has 2 fully saturated rings. The number of benzene rings is 2. The summed E-state index contributed by atoms with van der Waals surface area (Å²) in [5, 5.41) is 0. The summed E-state index contributed by atoms with van der Waals surface area (Å²) in [6.45, 7) is 2.44. The van der Waals surface area contributed by atoms with Crippen LogP contribution in [0.3, 0.4) is 0 Å². The maximum absolute atomic E-state index is 3.00. The Hall–Kier alpha value is 0.0300. The number of rotatable bonds is 5. The molecule has 0 saturated carbocycles. The molecule has 4 rings (SSSR count). The van der Waals surface area contributed by atoms with E-state index in [1.165, 1.54) is 38.3 Å². The number of hydrogen-bond donors (Lipinski definition) is 0. The minimum Gasteiger partial charge on any atom is -0.0648 e. The van der Waals surface area contributed by atoms with Gasteiger partial charge in [0, 0.05) is 5.66 Å². The van der Waals surface area contributed by atoms with E-state index in [0.29, 0.717) is 0 Å². The van der Waals surface area contributed by atoms with Gasteiger partial charge in [-0.05, 0) is 48.9 Å². The van der Waals surface area contributed by atoms with Gasteiger partial charge in [0.25, 0.3) is 0 Å². The molecule has 2 aromatic carbocycles. The monoisotopic (exact) mass is 495 g/mol. The van der Waals surface area contributed by atoms with Gasteiger partial charge in [-0.2, -0.15) is 0 Å². The van der Waals surface area contributed by atoms with E-state index in [-0.39, 0.29) is 7.92 Å². The normalized spacial score (nSPS) is 34.2. The minimum absolute atomic E-state index is 0.117. The molecule has 0 aromatic heterocycles. The van der Waals surface area contributed by atoms with Gasteiger partial charge in [0.2, 0.25) is 0 Å². The highest BCUT2D eigenvalue weighted by molar-refractivity contribution is 14.2. The Balaban J connectivity index is 1.60. The van der Waals surface area contributed by atoms with Crippen molar-refractivity contribution >= 4 is 34.9 Å². The van der Waals surface area contributed by atoms with Crippen LogP contribution >= 0.6 is 34.9 Å². The third-order valence-corrected chi connectivity index (χ3v) is 21.5. The molecule has 2 unspecified atom stereocenters. The van der Waals surface area contributed by atoms with Crippen molar-refractivity contribution in [2.75, 3.05) is 12.1 Å². The highest BCUT2D eigenvalue weighted by Crippen LogP contribution is 2.87. The van der Waals surface area contributed by atoms with Gasteiger partial charge in [-0.25, -0.2) is 0 Å². The molecule has 0 N–H and O–H groups in total. The SMILES string of the molecule is CC[C@@H]1CC[C@@H](c2ccccc2)P1C[P+]1(I)CCC[C@H]1c1ccccc1. The molecule has 0 spiro atoms. The van der Waals surface area contributed by atoms with Crippen molar-refractivity contribution in [1.82, 2.24) is 0 Å². The fraction of sp³-hybridized carbons (Fsp3) is 0.478. The Kier molecular flexibility index (Phi) is 6.39. The Labute approximate surface area is 174 Å². The maximum atomic E-state index is 3.00. The van der Waals surface area contributed by atoms with Crippen molar-refractivity contribution in [3.8, 4) is 0 Å². The van der Waals surface area contributed by atoms with Crippen LogP contribution in [0.5, 0.6) is 0 Å². The van der Waals surface area contributed by atoms with Gasteiger partial charge in [-0.15, -0.1) is 0 Å².